The van der Waals surface area contributed by atoms with Gasteiger partial charge in [-0.05, 0) is 55.3 Å². The molecule has 0 unspecified atom stereocenters. The van der Waals surface area contributed by atoms with Crippen LogP contribution in [0.4, 0.5) is 10.1 Å². The van der Waals surface area contributed by atoms with Crippen LogP contribution in [0.2, 0.25) is 0 Å². The van der Waals surface area contributed by atoms with Crippen molar-refractivity contribution in [3.63, 3.8) is 0 Å². The predicted molar refractivity (Wildman–Crippen MR) is 104 cm³/mol. The summed E-state index contributed by atoms with van der Waals surface area (Å²) in [4.78, 5) is 24.3. The third kappa shape index (κ3) is 4.80. The summed E-state index contributed by atoms with van der Waals surface area (Å²) < 4.78 is 44.6. The largest absolute Gasteiger partial charge is 0.465 e. The van der Waals surface area contributed by atoms with E-state index in [1.165, 1.54) is 29.6 Å². The van der Waals surface area contributed by atoms with Crippen LogP contribution in [0.15, 0.2) is 53.4 Å². The Bertz CT molecular complexity index is 1010. The highest BCUT2D eigenvalue weighted by Crippen LogP contribution is 2.25. The van der Waals surface area contributed by atoms with Gasteiger partial charge in [0.1, 0.15) is 5.82 Å². The number of ether oxygens (including phenoxy) is 1. The maximum atomic E-state index is 13.1. The van der Waals surface area contributed by atoms with Crippen molar-refractivity contribution >= 4 is 27.6 Å². The number of esters is 1. The molecule has 0 bridgehead atoms. The number of rotatable bonds is 5. The number of nitrogens with one attached hydrogen (secondary N) is 1. The topological polar surface area (TPSA) is 92.8 Å². The van der Waals surface area contributed by atoms with Crippen molar-refractivity contribution in [3.8, 4) is 0 Å². The lowest BCUT2D eigenvalue weighted by molar-refractivity contribution is -0.120. The third-order valence-electron chi connectivity index (χ3n) is 4.76. The van der Waals surface area contributed by atoms with Crippen molar-refractivity contribution in [2.45, 2.75) is 17.7 Å². The molecule has 1 amide bonds. The van der Waals surface area contributed by atoms with Crippen LogP contribution in [0.5, 0.6) is 0 Å². The average Bonchev–Trinajstić information content (AvgIpc) is 2.73. The Kier molecular flexibility index (Phi) is 6.29. The maximum Gasteiger partial charge on any atom is 0.337 e. The summed E-state index contributed by atoms with van der Waals surface area (Å²) >= 11 is 0. The van der Waals surface area contributed by atoms with Crippen molar-refractivity contribution in [1.29, 1.82) is 0 Å². The molecule has 1 saturated heterocycles. The summed E-state index contributed by atoms with van der Waals surface area (Å²) in [6.45, 7) is 0.323. The van der Waals surface area contributed by atoms with Gasteiger partial charge in [0, 0.05) is 18.8 Å². The second-order valence-electron chi connectivity index (χ2n) is 6.72. The summed E-state index contributed by atoms with van der Waals surface area (Å²) in [6.07, 6.45) is 1.07. The van der Waals surface area contributed by atoms with Gasteiger partial charge in [-0.3, -0.25) is 4.79 Å². The normalized spacial score (nSPS) is 17.5. The molecule has 9 heteroatoms. The van der Waals surface area contributed by atoms with Gasteiger partial charge in [0.05, 0.1) is 23.5 Å². The quantitative estimate of drug-likeness (QED) is 0.751. The molecule has 0 aromatic heterocycles. The molecule has 0 saturated carbocycles. The summed E-state index contributed by atoms with van der Waals surface area (Å²) in [5.41, 5.74) is 0.728. The summed E-state index contributed by atoms with van der Waals surface area (Å²) in [7, 11) is -2.54. The smallest absolute Gasteiger partial charge is 0.337 e. The number of benzene rings is 2. The standard InChI is InChI=1S/C20H21FN2O5S/c1-28-20(25)14-4-2-6-17(12-14)22-19(24)15-5-3-11-23(13-15)29(26,27)18-9-7-16(21)8-10-18/h2,4,6-10,12,15H,3,5,11,13H2,1H3,(H,22,24)/t15-/m1/s1. The molecular weight excluding hydrogens is 399 g/mol. The van der Waals surface area contributed by atoms with Crippen molar-refractivity contribution in [1.82, 2.24) is 4.31 Å². The van der Waals surface area contributed by atoms with Gasteiger partial charge in [0.2, 0.25) is 15.9 Å². The van der Waals surface area contributed by atoms with Crippen LogP contribution in [0.25, 0.3) is 0 Å². The van der Waals surface area contributed by atoms with E-state index in [-0.39, 0.29) is 17.3 Å². The number of amides is 1. The predicted octanol–water partition coefficient (Wildman–Crippen LogP) is 2.65. The lowest BCUT2D eigenvalue weighted by Gasteiger charge is -2.31. The molecule has 1 aliphatic heterocycles. The molecular formula is C20H21FN2O5S. The van der Waals surface area contributed by atoms with Crippen LogP contribution in [-0.2, 0) is 19.6 Å². The zero-order chi connectivity index (χ0) is 21.0. The Labute approximate surface area is 168 Å². The van der Waals surface area contributed by atoms with Crippen LogP contribution in [-0.4, -0.2) is 44.8 Å². The van der Waals surface area contributed by atoms with Gasteiger partial charge in [-0.2, -0.15) is 4.31 Å². The van der Waals surface area contributed by atoms with E-state index in [0.717, 1.165) is 12.1 Å². The number of hydrogen-bond donors (Lipinski definition) is 1. The number of halogens is 1. The Morgan fingerprint density at radius 3 is 2.59 bits per heavy atom. The van der Waals surface area contributed by atoms with Gasteiger partial charge < -0.3 is 10.1 Å². The number of piperidine rings is 1. The number of sulfonamides is 1. The summed E-state index contributed by atoms with van der Waals surface area (Å²) in [5.74, 6) is -1.91. The lowest BCUT2D eigenvalue weighted by atomic mass is 9.98. The zero-order valence-electron chi connectivity index (χ0n) is 15.8. The molecule has 29 heavy (non-hydrogen) atoms. The molecule has 2 aromatic carbocycles. The highest BCUT2D eigenvalue weighted by atomic mass is 32.2. The lowest BCUT2D eigenvalue weighted by Crippen LogP contribution is -2.43. The SMILES string of the molecule is COC(=O)c1cccc(NC(=O)[C@@H]2CCCN(S(=O)(=O)c3ccc(F)cc3)C2)c1. The number of carbonyl (C=O) groups is 2. The Morgan fingerprint density at radius 1 is 1.17 bits per heavy atom. The molecule has 1 aliphatic rings. The number of nitrogens with zero attached hydrogens (tertiary/aromatic N) is 1. The Morgan fingerprint density at radius 2 is 1.90 bits per heavy atom. The first-order chi connectivity index (χ1) is 13.8. The van der Waals surface area contributed by atoms with Gasteiger partial charge in [-0.25, -0.2) is 17.6 Å². The van der Waals surface area contributed by atoms with Crippen LogP contribution in [0.3, 0.4) is 0 Å². The molecule has 1 heterocycles. The first-order valence-corrected chi connectivity index (χ1v) is 10.5. The van der Waals surface area contributed by atoms with E-state index in [0.29, 0.717) is 30.6 Å². The van der Waals surface area contributed by atoms with Crippen molar-refractivity contribution in [3.05, 3.63) is 59.9 Å². The van der Waals surface area contributed by atoms with Crippen molar-refractivity contribution in [2.24, 2.45) is 5.92 Å². The van der Waals surface area contributed by atoms with E-state index in [1.54, 1.807) is 18.2 Å². The minimum absolute atomic E-state index is 0.00858. The van der Waals surface area contributed by atoms with Crippen LogP contribution < -0.4 is 5.32 Å². The Balaban J connectivity index is 1.71. The minimum Gasteiger partial charge on any atom is -0.465 e. The van der Waals surface area contributed by atoms with E-state index in [4.69, 9.17) is 0 Å². The number of anilines is 1. The third-order valence-corrected chi connectivity index (χ3v) is 6.64. The molecule has 0 aliphatic carbocycles. The van der Waals surface area contributed by atoms with Gasteiger partial charge in [-0.1, -0.05) is 6.07 Å². The first-order valence-electron chi connectivity index (χ1n) is 9.06. The molecule has 154 valence electrons. The molecule has 2 aromatic rings. The summed E-state index contributed by atoms with van der Waals surface area (Å²) in [6, 6.07) is 10.9. The summed E-state index contributed by atoms with van der Waals surface area (Å²) in [5, 5.41) is 2.73. The maximum absolute atomic E-state index is 13.1. The van der Waals surface area contributed by atoms with E-state index < -0.39 is 27.7 Å². The van der Waals surface area contributed by atoms with Gasteiger partial charge in [0.25, 0.3) is 0 Å². The molecule has 1 atom stereocenters. The fourth-order valence-electron chi connectivity index (χ4n) is 3.22. The van der Waals surface area contributed by atoms with Gasteiger partial charge in [0.15, 0.2) is 0 Å². The highest BCUT2D eigenvalue weighted by Gasteiger charge is 2.33. The first kappa shape index (κ1) is 20.9. The Hall–Kier alpha value is -2.78. The van der Waals surface area contributed by atoms with E-state index in [9.17, 15) is 22.4 Å². The van der Waals surface area contributed by atoms with E-state index >= 15 is 0 Å². The van der Waals surface area contributed by atoms with Crippen molar-refractivity contribution in [2.75, 3.05) is 25.5 Å². The monoisotopic (exact) mass is 420 g/mol. The second-order valence-corrected chi connectivity index (χ2v) is 8.66. The molecule has 3 rings (SSSR count). The van der Waals surface area contributed by atoms with Gasteiger partial charge >= 0.3 is 5.97 Å². The molecule has 7 nitrogen and oxygen atoms in total. The fourth-order valence-corrected chi connectivity index (χ4v) is 4.74. The zero-order valence-corrected chi connectivity index (χ0v) is 16.6. The van der Waals surface area contributed by atoms with Gasteiger partial charge in [-0.15, -0.1) is 0 Å². The minimum atomic E-state index is -3.81. The van der Waals surface area contributed by atoms with E-state index in [2.05, 4.69) is 10.1 Å². The number of carbonyl (C=O) groups excluding carboxylic acids is 2. The molecule has 0 spiro atoms. The molecule has 1 N–H and O–H groups in total. The number of methoxy groups -OCH3 is 1. The van der Waals surface area contributed by atoms with Crippen LogP contribution in [0.1, 0.15) is 23.2 Å². The molecule has 0 radical (unpaired) electrons. The number of hydrogen-bond acceptors (Lipinski definition) is 5. The average molecular weight is 420 g/mol. The highest BCUT2D eigenvalue weighted by molar-refractivity contribution is 7.89. The van der Waals surface area contributed by atoms with Crippen LogP contribution >= 0.6 is 0 Å². The van der Waals surface area contributed by atoms with E-state index in [1.807, 2.05) is 0 Å². The second kappa shape index (κ2) is 8.71. The fraction of sp³-hybridized carbons (Fsp3) is 0.300. The van der Waals surface area contributed by atoms with Crippen LogP contribution in [0, 0.1) is 11.7 Å². The van der Waals surface area contributed by atoms with Crippen molar-refractivity contribution < 1.29 is 27.1 Å². The molecule has 1 fully saturated rings.